The van der Waals surface area contributed by atoms with Crippen LogP contribution in [0, 0.1) is 0 Å². The van der Waals surface area contributed by atoms with Gasteiger partial charge in [0.05, 0.1) is 31.3 Å². The molecule has 220 valence electrons. The number of rotatable bonds is 10. The Morgan fingerprint density at radius 2 is 1.74 bits per heavy atom. The summed E-state index contributed by atoms with van der Waals surface area (Å²) in [6.45, 7) is 4.70. The molecule has 3 amide bonds. The van der Waals surface area contributed by atoms with Gasteiger partial charge in [-0.3, -0.25) is 4.79 Å². The summed E-state index contributed by atoms with van der Waals surface area (Å²) in [5.41, 5.74) is 2.76. The van der Waals surface area contributed by atoms with Gasteiger partial charge in [0, 0.05) is 24.1 Å². The van der Waals surface area contributed by atoms with Crippen LogP contribution in [0.1, 0.15) is 34.8 Å². The van der Waals surface area contributed by atoms with Gasteiger partial charge in [-0.25, -0.2) is 9.59 Å². The predicted octanol–water partition coefficient (Wildman–Crippen LogP) is 2.00. The van der Waals surface area contributed by atoms with Gasteiger partial charge < -0.3 is 40.2 Å². The summed E-state index contributed by atoms with van der Waals surface area (Å²) in [4.78, 5) is 39.6. The number of nitrogens with one attached hydrogen (secondary N) is 4. The van der Waals surface area contributed by atoms with Gasteiger partial charge in [-0.05, 0) is 67.1 Å². The van der Waals surface area contributed by atoms with Gasteiger partial charge in [-0.1, -0.05) is 12.1 Å². The Kier molecular flexibility index (Phi) is 9.08. The highest BCUT2D eigenvalue weighted by Gasteiger charge is 2.31. The average molecular weight is 576 g/mol. The van der Waals surface area contributed by atoms with Crippen LogP contribution in [0.25, 0.3) is 0 Å². The molecule has 0 aliphatic carbocycles. The molecule has 2 aliphatic heterocycles. The molecule has 3 aromatic rings. The molecule has 11 nitrogen and oxygen atoms in total. The fourth-order valence-corrected chi connectivity index (χ4v) is 5.16. The number of hydrogen-bond acceptors (Lipinski definition) is 7. The van der Waals surface area contributed by atoms with Gasteiger partial charge in [0.2, 0.25) is 12.7 Å². The van der Waals surface area contributed by atoms with Crippen LogP contribution in [-0.2, 0) is 22.5 Å². The molecule has 2 unspecified atom stereocenters. The minimum Gasteiger partial charge on any atom is -0.508 e. The van der Waals surface area contributed by atoms with Gasteiger partial charge in [-0.15, -0.1) is 0 Å². The third-order valence-electron chi connectivity index (χ3n) is 7.27. The summed E-state index contributed by atoms with van der Waals surface area (Å²) in [5.74, 6) is 0.901. The molecule has 0 saturated carbocycles. The van der Waals surface area contributed by atoms with Gasteiger partial charge in [0.25, 0.3) is 0 Å². The van der Waals surface area contributed by atoms with E-state index in [1.165, 1.54) is 4.90 Å². The fraction of sp³-hybridized carbons (Fsp3) is 0.323. The SMILES string of the molecule is CCOC(=O)c1ccc(NC(=O)N[C@@H](Cc2ccc(O)cc2)C(=O)NC2CC[NH+](Cc3ccc4c(c3)OCO4)C2)cc1. The van der Waals surface area contributed by atoms with Crippen molar-refractivity contribution in [3.05, 3.63) is 83.4 Å². The number of hydrogen-bond donors (Lipinski definition) is 5. The summed E-state index contributed by atoms with van der Waals surface area (Å²) in [6, 6.07) is 17.3. The molecule has 3 aromatic carbocycles. The normalized spacial score (nSPS) is 17.7. The Bertz CT molecular complexity index is 1410. The molecule has 2 aliphatic rings. The van der Waals surface area contributed by atoms with Crippen molar-refractivity contribution in [1.82, 2.24) is 10.6 Å². The number of carbonyl (C=O) groups excluding carboxylic acids is 3. The van der Waals surface area contributed by atoms with E-state index in [-0.39, 0.29) is 37.5 Å². The van der Waals surface area contributed by atoms with Gasteiger partial charge >= 0.3 is 12.0 Å². The smallest absolute Gasteiger partial charge is 0.338 e. The van der Waals surface area contributed by atoms with Crippen LogP contribution < -0.4 is 30.3 Å². The number of phenolic OH excluding ortho intramolecular Hbond substituents is 1. The fourth-order valence-electron chi connectivity index (χ4n) is 5.16. The van der Waals surface area contributed by atoms with Crippen molar-refractivity contribution in [1.29, 1.82) is 0 Å². The van der Waals surface area contributed by atoms with Crippen molar-refractivity contribution < 1.29 is 38.6 Å². The third-order valence-corrected chi connectivity index (χ3v) is 7.27. The Balaban J connectivity index is 1.19. The molecule has 3 atom stereocenters. The first-order chi connectivity index (χ1) is 20.4. The highest BCUT2D eigenvalue weighted by atomic mass is 16.7. The maximum Gasteiger partial charge on any atom is 0.338 e. The van der Waals surface area contributed by atoms with E-state index in [0.717, 1.165) is 48.7 Å². The van der Waals surface area contributed by atoms with Gasteiger partial charge in [0.1, 0.15) is 18.3 Å². The molecule has 2 heterocycles. The maximum atomic E-state index is 13.4. The number of urea groups is 1. The number of fused-ring (bicyclic) bond motifs is 1. The lowest BCUT2D eigenvalue weighted by atomic mass is 10.0. The van der Waals surface area contributed by atoms with E-state index < -0.39 is 18.0 Å². The summed E-state index contributed by atoms with van der Waals surface area (Å²) in [5, 5.41) is 18.3. The van der Waals surface area contributed by atoms with E-state index in [0.29, 0.717) is 11.3 Å². The van der Waals surface area contributed by atoms with Crippen LogP contribution in [-0.4, -0.2) is 61.6 Å². The third kappa shape index (κ3) is 7.49. The molecule has 0 spiro atoms. The monoisotopic (exact) mass is 575 g/mol. The molecular weight excluding hydrogens is 540 g/mol. The second-order valence-corrected chi connectivity index (χ2v) is 10.4. The summed E-state index contributed by atoms with van der Waals surface area (Å²) in [6.07, 6.45) is 1.05. The Morgan fingerprint density at radius 3 is 2.50 bits per heavy atom. The lowest BCUT2D eigenvalue weighted by molar-refractivity contribution is -0.901. The Morgan fingerprint density at radius 1 is 1.00 bits per heavy atom. The number of carbonyl (C=O) groups is 3. The topological polar surface area (TPSA) is 140 Å². The number of benzene rings is 3. The second-order valence-electron chi connectivity index (χ2n) is 10.4. The molecule has 0 bridgehead atoms. The molecule has 42 heavy (non-hydrogen) atoms. The van der Waals surface area contributed by atoms with E-state index >= 15 is 0 Å². The van der Waals surface area contributed by atoms with Crippen molar-refractivity contribution in [3.8, 4) is 17.2 Å². The van der Waals surface area contributed by atoms with Crippen molar-refractivity contribution in [2.75, 3.05) is 31.8 Å². The largest absolute Gasteiger partial charge is 0.508 e. The molecular formula is C31H35N4O7+. The lowest BCUT2D eigenvalue weighted by Crippen LogP contribution is -3.09. The first-order valence-electron chi connectivity index (χ1n) is 14.0. The molecule has 1 saturated heterocycles. The first kappa shape index (κ1) is 28.7. The molecule has 0 radical (unpaired) electrons. The summed E-state index contributed by atoms with van der Waals surface area (Å²) >= 11 is 0. The van der Waals surface area contributed by atoms with Crippen LogP contribution in [0.5, 0.6) is 17.2 Å². The van der Waals surface area contributed by atoms with Crippen LogP contribution in [0.4, 0.5) is 10.5 Å². The standard InChI is InChI=1S/C31H34N4O7/c1-2-40-30(38)22-6-8-23(9-7-22)33-31(39)34-26(15-20-3-10-25(36)11-4-20)29(37)32-24-13-14-35(18-24)17-21-5-12-27-28(16-21)42-19-41-27/h3-12,16,24,26,36H,2,13-15,17-19H2,1H3,(H,32,37)(H2,33,34,39)/p+1/t24?,26-/m0/s1. The summed E-state index contributed by atoms with van der Waals surface area (Å²) < 4.78 is 15.9. The number of amides is 3. The molecule has 5 rings (SSSR count). The van der Waals surface area contributed by atoms with Crippen molar-refractivity contribution >= 4 is 23.6 Å². The number of likely N-dealkylation sites (tertiary alicyclic amines) is 1. The zero-order valence-electron chi connectivity index (χ0n) is 23.4. The van der Waals surface area contributed by atoms with Crippen LogP contribution >= 0.6 is 0 Å². The number of aromatic hydroxyl groups is 1. The predicted molar refractivity (Wildman–Crippen MR) is 154 cm³/mol. The van der Waals surface area contributed by atoms with Gasteiger partial charge in [0.15, 0.2) is 11.5 Å². The van der Waals surface area contributed by atoms with Crippen molar-refractivity contribution in [2.45, 2.75) is 38.4 Å². The van der Waals surface area contributed by atoms with Crippen LogP contribution in [0.15, 0.2) is 66.7 Å². The number of ether oxygens (including phenoxy) is 3. The van der Waals surface area contributed by atoms with Crippen molar-refractivity contribution in [3.63, 3.8) is 0 Å². The lowest BCUT2D eigenvalue weighted by Gasteiger charge is -2.21. The Labute approximate surface area is 243 Å². The number of esters is 1. The van der Waals surface area contributed by atoms with E-state index in [1.54, 1.807) is 55.5 Å². The minimum absolute atomic E-state index is 0.0379. The van der Waals surface area contributed by atoms with Crippen LogP contribution in [0.2, 0.25) is 0 Å². The van der Waals surface area contributed by atoms with E-state index in [2.05, 4.69) is 16.0 Å². The second kappa shape index (κ2) is 13.3. The van der Waals surface area contributed by atoms with Crippen LogP contribution in [0.3, 0.4) is 0 Å². The molecule has 5 N–H and O–H groups in total. The van der Waals surface area contributed by atoms with E-state index in [1.807, 2.05) is 18.2 Å². The van der Waals surface area contributed by atoms with Crippen molar-refractivity contribution in [2.24, 2.45) is 0 Å². The zero-order valence-corrected chi connectivity index (χ0v) is 23.4. The molecule has 1 fully saturated rings. The highest BCUT2D eigenvalue weighted by Crippen LogP contribution is 2.32. The molecule has 0 aromatic heterocycles. The zero-order chi connectivity index (χ0) is 29.5. The van der Waals surface area contributed by atoms with E-state index in [4.69, 9.17) is 14.2 Å². The van der Waals surface area contributed by atoms with E-state index in [9.17, 15) is 19.5 Å². The maximum absolute atomic E-state index is 13.4. The average Bonchev–Trinajstić information content (AvgIpc) is 3.63. The highest BCUT2D eigenvalue weighted by molar-refractivity contribution is 5.95. The Hall–Kier alpha value is -4.77. The minimum atomic E-state index is -0.855. The quantitative estimate of drug-likeness (QED) is 0.233. The van der Waals surface area contributed by atoms with Gasteiger partial charge in [-0.2, -0.15) is 0 Å². The first-order valence-corrected chi connectivity index (χ1v) is 14.0. The summed E-state index contributed by atoms with van der Waals surface area (Å²) in [7, 11) is 0. The number of quaternary nitrogens is 1. The molecule has 11 heteroatoms. The number of anilines is 1. The number of phenols is 1.